The molecule has 0 saturated carbocycles. The highest BCUT2D eigenvalue weighted by molar-refractivity contribution is 7.86. The predicted octanol–water partition coefficient (Wildman–Crippen LogP) is 2.49. The fourth-order valence-corrected chi connectivity index (χ4v) is 2.33. The molecular weight excluding hydrogens is 194 g/mol. The Morgan fingerprint density at radius 2 is 2.00 bits per heavy atom. The van der Waals surface area contributed by atoms with Crippen molar-refractivity contribution < 1.29 is 4.21 Å². The van der Waals surface area contributed by atoms with Crippen molar-refractivity contribution in [3.05, 3.63) is 30.3 Å². The number of benzene rings is 1. The zero-order valence-corrected chi connectivity index (χ0v) is 9.17. The van der Waals surface area contributed by atoms with E-state index in [4.69, 9.17) is 5.26 Å². The van der Waals surface area contributed by atoms with Gasteiger partial charge in [-0.3, -0.25) is 4.21 Å². The summed E-state index contributed by atoms with van der Waals surface area (Å²) in [6, 6.07) is 11.3. The molecule has 2 nitrogen and oxygen atoms in total. The van der Waals surface area contributed by atoms with Crippen LogP contribution in [0.1, 0.15) is 20.3 Å². The predicted molar refractivity (Wildman–Crippen MR) is 57.2 cm³/mol. The standard InChI is InChI=1S/C11H13NOS/c1-3-11(2,9-12)14(13)10-7-5-4-6-8-10/h4-8H,3H2,1-2H3. The fraction of sp³-hybridized carbons (Fsp3) is 0.364. The molecule has 14 heavy (non-hydrogen) atoms. The SMILES string of the molecule is CCC(C)(C#N)S(=O)c1ccccc1. The van der Waals surface area contributed by atoms with Crippen LogP contribution in [-0.4, -0.2) is 8.96 Å². The molecule has 0 heterocycles. The first-order valence-electron chi connectivity index (χ1n) is 4.52. The molecule has 0 amide bonds. The highest BCUT2D eigenvalue weighted by atomic mass is 32.2. The van der Waals surface area contributed by atoms with Crippen LogP contribution in [0.25, 0.3) is 0 Å². The van der Waals surface area contributed by atoms with Crippen molar-refractivity contribution in [3.63, 3.8) is 0 Å². The monoisotopic (exact) mass is 207 g/mol. The minimum atomic E-state index is -1.25. The molecule has 0 radical (unpaired) electrons. The average Bonchev–Trinajstić information content (AvgIpc) is 2.28. The highest BCUT2D eigenvalue weighted by Gasteiger charge is 2.30. The molecule has 0 N–H and O–H groups in total. The van der Waals surface area contributed by atoms with E-state index < -0.39 is 15.5 Å². The van der Waals surface area contributed by atoms with Gasteiger partial charge in [0.1, 0.15) is 4.75 Å². The Bertz CT molecular complexity index is 369. The molecule has 74 valence electrons. The maximum absolute atomic E-state index is 12.0. The van der Waals surface area contributed by atoms with E-state index in [9.17, 15) is 4.21 Å². The van der Waals surface area contributed by atoms with E-state index in [1.54, 1.807) is 19.1 Å². The van der Waals surface area contributed by atoms with Crippen molar-refractivity contribution in [3.8, 4) is 6.07 Å². The summed E-state index contributed by atoms with van der Waals surface area (Å²) in [7, 11) is -1.25. The van der Waals surface area contributed by atoms with Gasteiger partial charge < -0.3 is 0 Å². The second-order valence-corrected chi connectivity index (χ2v) is 5.19. The van der Waals surface area contributed by atoms with E-state index in [0.717, 1.165) is 4.90 Å². The lowest BCUT2D eigenvalue weighted by Crippen LogP contribution is -2.27. The molecule has 2 atom stereocenters. The minimum Gasteiger partial charge on any atom is -0.253 e. The summed E-state index contributed by atoms with van der Waals surface area (Å²) in [4.78, 5) is 0.721. The van der Waals surface area contributed by atoms with Crippen LogP contribution in [0.2, 0.25) is 0 Å². The van der Waals surface area contributed by atoms with E-state index in [1.165, 1.54) is 0 Å². The lowest BCUT2D eigenvalue weighted by atomic mass is 10.1. The van der Waals surface area contributed by atoms with Gasteiger partial charge in [-0.1, -0.05) is 25.1 Å². The zero-order valence-electron chi connectivity index (χ0n) is 8.36. The van der Waals surface area contributed by atoms with E-state index in [0.29, 0.717) is 6.42 Å². The Labute approximate surface area is 87.0 Å². The maximum Gasteiger partial charge on any atom is 0.134 e. The van der Waals surface area contributed by atoms with Gasteiger partial charge in [-0.05, 0) is 25.5 Å². The minimum absolute atomic E-state index is 0.588. The van der Waals surface area contributed by atoms with Crippen molar-refractivity contribution in [1.29, 1.82) is 5.26 Å². The zero-order chi connectivity index (χ0) is 10.6. The molecule has 0 aliphatic rings. The van der Waals surface area contributed by atoms with Crippen LogP contribution in [0, 0.1) is 11.3 Å². The highest BCUT2D eigenvalue weighted by Crippen LogP contribution is 2.23. The molecule has 2 unspecified atom stereocenters. The number of hydrogen-bond acceptors (Lipinski definition) is 2. The summed E-state index contributed by atoms with van der Waals surface area (Å²) in [5.41, 5.74) is 0. The number of rotatable bonds is 3. The molecule has 0 aromatic heterocycles. The van der Waals surface area contributed by atoms with Gasteiger partial charge in [0, 0.05) is 4.90 Å². The van der Waals surface area contributed by atoms with Crippen LogP contribution >= 0.6 is 0 Å². The molecule has 0 fully saturated rings. The number of nitrogens with zero attached hydrogens (tertiary/aromatic N) is 1. The Morgan fingerprint density at radius 1 is 1.43 bits per heavy atom. The average molecular weight is 207 g/mol. The van der Waals surface area contributed by atoms with Crippen LogP contribution in [-0.2, 0) is 10.8 Å². The van der Waals surface area contributed by atoms with Gasteiger partial charge in [-0.25, -0.2) is 0 Å². The molecule has 0 saturated heterocycles. The molecule has 1 aromatic carbocycles. The summed E-state index contributed by atoms with van der Waals surface area (Å²) in [5.74, 6) is 0. The van der Waals surface area contributed by atoms with Crippen LogP contribution in [0.3, 0.4) is 0 Å². The third-order valence-electron chi connectivity index (χ3n) is 2.28. The van der Waals surface area contributed by atoms with E-state index in [-0.39, 0.29) is 0 Å². The maximum atomic E-state index is 12.0. The number of nitriles is 1. The van der Waals surface area contributed by atoms with Crippen molar-refractivity contribution in [2.45, 2.75) is 29.9 Å². The van der Waals surface area contributed by atoms with Crippen LogP contribution < -0.4 is 0 Å². The molecule has 0 aliphatic carbocycles. The fourth-order valence-electron chi connectivity index (χ4n) is 1.06. The first-order chi connectivity index (χ1) is 6.64. The first-order valence-corrected chi connectivity index (χ1v) is 5.67. The van der Waals surface area contributed by atoms with Crippen molar-refractivity contribution in [1.82, 2.24) is 0 Å². The summed E-state index contributed by atoms with van der Waals surface area (Å²) in [5, 5.41) is 8.97. The van der Waals surface area contributed by atoms with Crippen molar-refractivity contribution >= 4 is 10.8 Å². The number of hydrogen-bond donors (Lipinski definition) is 0. The summed E-state index contributed by atoms with van der Waals surface area (Å²) in [6.07, 6.45) is 0.588. The normalized spacial score (nSPS) is 16.6. The quantitative estimate of drug-likeness (QED) is 0.764. The van der Waals surface area contributed by atoms with Crippen LogP contribution in [0.4, 0.5) is 0 Å². The lowest BCUT2D eigenvalue weighted by Gasteiger charge is -2.18. The summed E-state index contributed by atoms with van der Waals surface area (Å²) in [6.45, 7) is 3.61. The third kappa shape index (κ3) is 2.02. The molecule has 0 aliphatic heterocycles. The Kier molecular flexibility index (Phi) is 3.43. The van der Waals surface area contributed by atoms with Crippen LogP contribution in [0.15, 0.2) is 35.2 Å². The van der Waals surface area contributed by atoms with E-state index in [1.807, 2.05) is 25.1 Å². The second-order valence-electron chi connectivity index (χ2n) is 3.28. The van der Waals surface area contributed by atoms with Gasteiger partial charge in [-0.15, -0.1) is 0 Å². The van der Waals surface area contributed by atoms with E-state index >= 15 is 0 Å². The summed E-state index contributed by atoms with van der Waals surface area (Å²) >= 11 is 0. The van der Waals surface area contributed by atoms with Gasteiger partial charge in [0.05, 0.1) is 16.9 Å². The Hall–Kier alpha value is -1.14. The van der Waals surface area contributed by atoms with Gasteiger partial charge >= 0.3 is 0 Å². The lowest BCUT2D eigenvalue weighted by molar-refractivity contribution is 0.646. The summed E-state index contributed by atoms with van der Waals surface area (Å²) < 4.78 is 11.2. The van der Waals surface area contributed by atoms with Crippen molar-refractivity contribution in [2.75, 3.05) is 0 Å². The Balaban J connectivity index is 3.03. The molecular formula is C11H13NOS. The second kappa shape index (κ2) is 4.39. The first kappa shape index (κ1) is 10.9. The van der Waals surface area contributed by atoms with Gasteiger partial charge in [0.2, 0.25) is 0 Å². The van der Waals surface area contributed by atoms with Gasteiger partial charge in [-0.2, -0.15) is 5.26 Å². The topological polar surface area (TPSA) is 40.9 Å². The molecule has 1 rings (SSSR count). The largest absolute Gasteiger partial charge is 0.253 e. The van der Waals surface area contributed by atoms with Gasteiger partial charge in [0.25, 0.3) is 0 Å². The molecule has 3 heteroatoms. The van der Waals surface area contributed by atoms with Crippen molar-refractivity contribution in [2.24, 2.45) is 0 Å². The van der Waals surface area contributed by atoms with Crippen LogP contribution in [0.5, 0.6) is 0 Å². The molecule has 0 spiro atoms. The Morgan fingerprint density at radius 3 is 2.43 bits per heavy atom. The molecule has 0 bridgehead atoms. The van der Waals surface area contributed by atoms with Gasteiger partial charge in [0.15, 0.2) is 0 Å². The van der Waals surface area contributed by atoms with E-state index in [2.05, 4.69) is 6.07 Å². The third-order valence-corrected chi connectivity index (χ3v) is 4.18. The smallest absolute Gasteiger partial charge is 0.134 e. The molecule has 1 aromatic rings.